The molecule has 1 aromatic carbocycles. The number of phenols is 2. The molecule has 4 nitrogen and oxygen atoms in total. The molecule has 13 heavy (non-hydrogen) atoms. The van der Waals surface area contributed by atoms with Crippen molar-refractivity contribution in [1.29, 1.82) is 0 Å². The summed E-state index contributed by atoms with van der Waals surface area (Å²) in [6, 6.07) is 2.35. The first-order valence-electron chi connectivity index (χ1n) is 3.36. The Morgan fingerprint density at radius 1 is 1.38 bits per heavy atom. The molecule has 1 aromatic rings. The summed E-state index contributed by atoms with van der Waals surface area (Å²) in [6.07, 6.45) is 0. The summed E-state index contributed by atoms with van der Waals surface area (Å²) in [4.78, 5) is 11.0. The number of carbonyl (C=O) groups is 1. The molecule has 0 aliphatic carbocycles. The monoisotopic (exact) mass is 246 g/mol. The van der Waals surface area contributed by atoms with Crippen molar-refractivity contribution in [1.82, 2.24) is 0 Å². The lowest BCUT2D eigenvalue weighted by Gasteiger charge is -2.04. The van der Waals surface area contributed by atoms with E-state index in [1.165, 1.54) is 13.2 Å². The summed E-state index contributed by atoms with van der Waals surface area (Å²) in [5, 5.41) is 18.5. The second kappa shape index (κ2) is 3.66. The van der Waals surface area contributed by atoms with E-state index in [-0.39, 0.29) is 17.1 Å². The minimum Gasteiger partial charge on any atom is -0.507 e. The van der Waals surface area contributed by atoms with Crippen molar-refractivity contribution >= 4 is 21.9 Å². The molecule has 0 radical (unpaired) electrons. The molecule has 70 valence electrons. The first-order valence-corrected chi connectivity index (χ1v) is 4.15. The van der Waals surface area contributed by atoms with Crippen molar-refractivity contribution < 1.29 is 19.7 Å². The predicted octanol–water partition coefficient (Wildman–Crippen LogP) is 1.65. The number of carbonyl (C=O) groups excluding carboxylic acids is 1. The molecule has 0 aliphatic heterocycles. The molecule has 5 heteroatoms. The van der Waals surface area contributed by atoms with Crippen LogP contribution in [-0.2, 0) is 4.74 Å². The Kier molecular flexibility index (Phi) is 2.77. The summed E-state index contributed by atoms with van der Waals surface area (Å²) in [5.41, 5.74) is -0.0665. The average molecular weight is 247 g/mol. The molecule has 0 saturated carbocycles. The van der Waals surface area contributed by atoms with E-state index in [1.807, 2.05) is 0 Å². The van der Waals surface area contributed by atoms with Gasteiger partial charge in [0.2, 0.25) is 0 Å². The van der Waals surface area contributed by atoms with E-state index >= 15 is 0 Å². The fourth-order valence-electron chi connectivity index (χ4n) is 0.825. The van der Waals surface area contributed by atoms with Crippen molar-refractivity contribution in [3.8, 4) is 11.5 Å². The second-order valence-electron chi connectivity index (χ2n) is 2.31. The number of methoxy groups -OCH3 is 1. The lowest BCUT2D eigenvalue weighted by atomic mass is 10.2. The molecular weight excluding hydrogens is 240 g/mol. The van der Waals surface area contributed by atoms with Crippen LogP contribution in [0.4, 0.5) is 0 Å². The topological polar surface area (TPSA) is 66.8 Å². The highest BCUT2D eigenvalue weighted by atomic mass is 79.9. The fourth-order valence-corrected chi connectivity index (χ4v) is 1.16. The van der Waals surface area contributed by atoms with Crippen LogP contribution < -0.4 is 0 Å². The van der Waals surface area contributed by atoms with Gasteiger partial charge in [-0.3, -0.25) is 0 Å². The molecule has 1 rings (SSSR count). The van der Waals surface area contributed by atoms with Crippen molar-refractivity contribution in [2.75, 3.05) is 7.11 Å². The van der Waals surface area contributed by atoms with Crippen LogP contribution in [0.25, 0.3) is 0 Å². The molecule has 0 aliphatic rings. The van der Waals surface area contributed by atoms with Gasteiger partial charge in [-0.05, 0) is 28.1 Å². The van der Waals surface area contributed by atoms with Crippen LogP contribution >= 0.6 is 15.9 Å². The summed E-state index contributed by atoms with van der Waals surface area (Å²) in [6.45, 7) is 0. The number of benzene rings is 1. The number of hydrogen-bond acceptors (Lipinski definition) is 4. The molecule has 0 saturated heterocycles. The van der Waals surface area contributed by atoms with Crippen molar-refractivity contribution in [2.45, 2.75) is 0 Å². The van der Waals surface area contributed by atoms with Gasteiger partial charge in [0, 0.05) is 0 Å². The van der Waals surface area contributed by atoms with Crippen LogP contribution in [0.15, 0.2) is 16.6 Å². The zero-order valence-electron chi connectivity index (χ0n) is 6.74. The minimum absolute atomic E-state index is 0.0665. The molecule has 0 heterocycles. The van der Waals surface area contributed by atoms with Gasteiger partial charge in [0.25, 0.3) is 0 Å². The lowest BCUT2D eigenvalue weighted by Crippen LogP contribution is -2.01. The number of ether oxygens (including phenoxy) is 1. The zero-order valence-corrected chi connectivity index (χ0v) is 8.33. The number of phenolic OH excluding ortho intramolecular Hbond substituents is 2. The standard InChI is InChI=1S/C8H7BrO4/c1-13-8(12)4-2-7(11)5(9)3-6(4)10/h2-3,10-11H,1H3. The van der Waals surface area contributed by atoms with Gasteiger partial charge in [-0.1, -0.05) is 0 Å². The maximum absolute atomic E-state index is 11.0. The SMILES string of the molecule is COC(=O)c1cc(O)c(Br)cc1O. The Labute approximate surface area is 82.9 Å². The third kappa shape index (κ3) is 1.92. The number of aromatic hydroxyl groups is 2. The van der Waals surface area contributed by atoms with Gasteiger partial charge < -0.3 is 14.9 Å². The Morgan fingerprint density at radius 2 is 2.00 bits per heavy atom. The third-order valence-corrected chi connectivity index (χ3v) is 2.11. The first-order chi connectivity index (χ1) is 6.06. The van der Waals surface area contributed by atoms with Gasteiger partial charge in [0.05, 0.1) is 11.6 Å². The largest absolute Gasteiger partial charge is 0.507 e. The van der Waals surface area contributed by atoms with E-state index in [4.69, 9.17) is 0 Å². The molecule has 0 amide bonds. The Morgan fingerprint density at radius 3 is 2.54 bits per heavy atom. The highest BCUT2D eigenvalue weighted by Crippen LogP contribution is 2.31. The minimum atomic E-state index is -0.694. The van der Waals surface area contributed by atoms with Crippen LogP contribution in [0, 0.1) is 0 Å². The molecule has 0 fully saturated rings. The molecule has 2 N–H and O–H groups in total. The molecule has 0 atom stereocenters. The molecule has 0 bridgehead atoms. The van der Waals surface area contributed by atoms with E-state index in [9.17, 15) is 15.0 Å². The van der Waals surface area contributed by atoms with Crippen LogP contribution in [0.3, 0.4) is 0 Å². The summed E-state index contributed by atoms with van der Waals surface area (Å²) < 4.78 is 4.70. The summed E-state index contributed by atoms with van der Waals surface area (Å²) in [5.74, 6) is -1.06. The third-order valence-electron chi connectivity index (χ3n) is 1.47. The second-order valence-corrected chi connectivity index (χ2v) is 3.17. The van der Waals surface area contributed by atoms with Gasteiger partial charge in [0.15, 0.2) is 0 Å². The number of rotatable bonds is 1. The van der Waals surface area contributed by atoms with E-state index in [0.29, 0.717) is 4.47 Å². The van der Waals surface area contributed by atoms with E-state index in [2.05, 4.69) is 20.7 Å². The zero-order chi connectivity index (χ0) is 10.0. The average Bonchev–Trinajstić information content (AvgIpc) is 2.10. The Hall–Kier alpha value is -1.23. The maximum Gasteiger partial charge on any atom is 0.341 e. The van der Waals surface area contributed by atoms with Crippen LogP contribution in [-0.4, -0.2) is 23.3 Å². The van der Waals surface area contributed by atoms with Gasteiger partial charge in [0.1, 0.15) is 17.1 Å². The number of hydrogen-bond donors (Lipinski definition) is 2. The van der Waals surface area contributed by atoms with E-state index < -0.39 is 5.97 Å². The van der Waals surface area contributed by atoms with E-state index in [1.54, 1.807) is 0 Å². The fraction of sp³-hybridized carbons (Fsp3) is 0.125. The number of halogens is 1. The van der Waals surface area contributed by atoms with Crippen LogP contribution in [0.5, 0.6) is 11.5 Å². The smallest absolute Gasteiger partial charge is 0.341 e. The van der Waals surface area contributed by atoms with Crippen molar-refractivity contribution in [3.63, 3.8) is 0 Å². The normalized spacial score (nSPS) is 9.69. The van der Waals surface area contributed by atoms with Crippen LogP contribution in [0.2, 0.25) is 0 Å². The highest BCUT2D eigenvalue weighted by Gasteiger charge is 2.14. The summed E-state index contributed by atoms with van der Waals surface area (Å²) in [7, 11) is 1.20. The molecule has 0 aromatic heterocycles. The predicted molar refractivity (Wildman–Crippen MR) is 48.8 cm³/mol. The molecule has 0 unspecified atom stereocenters. The van der Waals surface area contributed by atoms with Crippen molar-refractivity contribution in [2.24, 2.45) is 0 Å². The van der Waals surface area contributed by atoms with Gasteiger partial charge >= 0.3 is 5.97 Å². The van der Waals surface area contributed by atoms with Crippen molar-refractivity contribution in [3.05, 3.63) is 22.2 Å². The Bertz CT molecular complexity index is 348. The molecular formula is C8H7BrO4. The quantitative estimate of drug-likeness (QED) is 0.584. The molecule has 0 spiro atoms. The highest BCUT2D eigenvalue weighted by molar-refractivity contribution is 9.10. The number of esters is 1. The lowest BCUT2D eigenvalue weighted by molar-refractivity contribution is 0.0597. The Balaban J connectivity index is 3.23. The van der Waals surface area contributed by atoms with Gasteiger partial charge in [-0.25, -0.2) is 4.79 Å². The van der Waals surface area contributed by atoms with Gasteiger partial charge in [-0.15, -0.1) is 0 Å². The first kappa shape index (κ1) is 9.85. The van der Waals surface area contributed by atoms with Gasteiger partial charge in [-0.2, -0.15) is 0 Å². The maximum atomic E-state index is 11.0. The summed E-state index contributed by atoms with van der Waals surface area (Å²) >= 11 is 2.99. The van der Waals surface area contributed by atoms with Crippen LogP contribution in [0.1, 0.15) is 10.4 Å². The van der Waals surface area contributed by atoms with E-state index in [0.717, 1.165) is 6.07 Å².